The van der Waals surface area contributed by atoms with Gasteiger partial charge in [-0.25, -0.2) is 4.57 Å². The van der Waals surface area contributed by atoms with Crippen LogP contribution in [0.4, 0.5) is 0 Å². The highest BCUT2D eigenvalue weighted by Gasteiger charge is 2.26. The lowest BCUT2D eigenvalue weighted by atomic mass is 10.1. The third-order valence-corrected chi connectivity index (χ3v) is 5.14. The zero-order valence-corrected chi connectivity index (χ0v) is 22.1. The first kappa shape index (κ1) is 29.3. The maximum atomic E-state index is 5.78. The number of hydrogen-bond acceptors (Lipinski definition) is 3. The second kappa shape index (κ2) is 17.7. The number of hydrogen-bond donors (Lipinski definition) is 0. The Labute approximate surface area is 207 Å². The molecule has 0 radical (unpaired) electrons. The molecular formula is C30H44NO3+. The average molecular weight is 467 g/mol. The number of allylic oxidation sites excluding steroid dienone is 2. The molecule has 2 heterocycles. The van der Waals surface area contributed by atoms with Crippen molar-refractivity contribution in [2.75, 3.05) is 6.61 Å². The Bertz CT molecular complexity index is 917. The van der Waals surface area contributed by atoms with Crippen LogP contribution in [-0.4, -0.2) is 25.1 Å². The first-order valence-corrected chi connectivity index (χ1v) is 12.5. The maximum absolute atomic E-state index is 5.78. The molecule has 1 fully saturated rings. The van der Waals surface area contributed by atoms with Crippen molar-refractivity contribution in [3.05, 3.63) is 85.1 Å². The normalized spacial score (nSPS) is 19.1. The lowest BCUT2D eigenvalue weighted by Gasteiger charge is -2.33. The van der Waals surface area contributed by atoms with Gasteiger partial charge in [0.15, 0.2) is 12.5 Å². The molecule has 1 aliphatic rings. The fourth-order valence-electron chi connectivity index (χ4n) is 3.32. The van der Waals surface area contributed by atoms with Gasteiger partial charge in [-0.05, 0) is 57.9 Å². The molecule has 0 bridgehead atoms. The summed E-state index contributed by atoms with van der Waals surface area (Å²) >= 11 is 0. The Hall–Kier alpha value is -2.69. The van der Waals surface area contributed by atoms with Crippen LogP contribution >= 0.6 is 0 Å². The zero-order chi connectivity index (χ0) is 25.2. The van der Waals surface area contributed by atoms with E-state index in [2.05, 4.69) is 68.1 Å². The first-order chi connectivity index (χ1) is 16.6. The lowest BCUT2D eigenvalue weighted by Crippen LogP contribution is -2.39. The van der Waals surface area contributed by atoms with E-state index < -0.39 is 0 Å². The SMILES string of the molecule is C/C=C/C.CC.CCC1CC(C)OC(COc2ccccc2)O1.C[n+]1cccc2ccccc21. The molecule has 0 spiro atoms. The van der Waals surface area contributed by atoms with Gasteiger partial charge in [-0.15, -0.1) is 0 Å². The van der Waals surface area contributed by atoms with Crippen LogP contribution in [-0.2, 0) is 16.5 Å². The van der Waals surface area contributed by atoms with Crippen LogP contribution in [0.2, 0.25) is 0 Å². The van der Waals surface area contributed by atoms with Crippen molar-refractivity contribution in [2.24, 2.45) is 7.05 Å². The van der Waals surface area contributed by atoms with E-state index in [1.165, 1.54) is 10.9 Å². The van der Waals surface area contributed by atoms with E-state index in [0.29, 0.717) is 12.7 Å². The van der Waals surface area contributed by atoms with E-state index in [-0.39, 0.29) is 12.4 Å². The molecule has 1 aliphatic heterocycles. The number of nitrogens with zero attached hydrogens (tertiary/aromatic N) is 1. The van der Waals surface area contributed by atoms with Gasteiger partial charge in [-0.2, -0.15) is 0 Å². The van der Waals surface area contributed by atoms with Gasteiger partial charge in [-0.3, -0.25) is 0 Å². The molecule has 1 aromatic heterocycles. The molecule has 2 aromatic carbocycles. The molecule has 186 valence electrons. The molecule has 34 heavy (non-hydrogen) atoms. The number of fused-ring (bicyclic) bond motifs is 1. The topological polar surface area (TPSA) is 31.6 Å². The summed E-state index contributed by atoms with van der Waals surface area (Å²) in [5.41, 5.74) is 1.27. The fraction of sp³-hybridized carbons (Fsp3) is 0.433. The minimum absolute atomic E-state index is 0.246. The van der Waals surface area contributed by atoms with Crippen molar-refractivity contribution in [2.45, 2.75) is 72.9 Å². The van der Waals surface area contributed by atoms with Crippen LogP contribution in [0.1, 0.15) is 54.4 Å². The number of para-hydroxylation sites is 2. The van der Waals surface area contributed by atoms with E-state index in [9.17, 15) is 0 Å². The van der Waals surface area contributed by atoms with Gasteiger partial charge in [0.2, 0.25) is 5.52 Å². The molecule has 3 unspecified atom stereocenters. The van der Waals surface area contributed by atoms with Crippen molar-refractivity contribution in [1.82, 2.24) is 0 Å². The van der Waals surface area contributed by atoms with Crippen molar-refractivity contribution < 1.29 is 18.8 Å². The molecule has 4 nitrogen and oxygen atoms in total. The van der Waals surface area contributed by atoms with Gasteiger partial charge in [0.25, 0.3) is 0 Å². The molecule has 4 rings (SSSR count). The van der Waals surface area contributed by atoms with E-state index in [0.717, 1.165) is 18.6 Å². The van der Waals surface area contributed by atoms with Crippen LogP contribution in [0, 0.1) is 0 Å². The molecule has 0 N–H and O–H groups in total. The third kappa shape index (κ3) is 11.0. The fourth-order valence-corrected chi connectivity index (χ4v) is 3.32. The Balaban J connectivity index is 0.000000291. The summed E-state index contributed by atoms with van der Waals surface area (Å²) in [5, 5.41) is 1.29. The summed E-state index contributed by atoms with van der Waals surface area (Å²) in [5.74, 6) is 0.853. The highest BCUT2D eigenvalue weighted by Crippen LogP contribution is 2.21. The summed E-state index contributed by atoms with van der Waals surface area (Å²) in [6, 6.07) is 22.3. The highest BCUT2D eigenvalue weighted by atomic mass is 16.7. The van der Waals surface area contributed by atoms with Gasteiger partial charge >= 0.3 is 0 Å². The van der Waals surface area contributed by atoms with E-state index in [4.69, 9.17) is 14.2 Å². The highest BCUT2D eigenvalue weighted by molar-refractivity contribution is 5.74. The minimum atomic E-state index is -0.246. The van der Waals surface area contributed by atoms with Crippen LogP contribution < -0.4 is 9.30 Å². The maximum Gasteiger partial charge on any atom is 0.212 e. The van der Waals surface area contributed by atoms with Crippen molar-refractivity contribution in [3.8, 4) is 5.75 Å². The van der Waals surface area contributed by atoms with Gasteiger partial charge in [-0.1, -0.05) is 63.3 Å². The number of aryl methyl sites for hydroxylation is 1. The predicted octanol–water partition coefficient (Wildman–Crippen LogP) is 7.27. The van der Waals surface area contributed by atoms with Crippen molar-refractivity contribution in [1.29, 1.82) is 0 Å². The number of ether oxygens (including phenoxy) is 3. The summed E-state index contributed by atoms with van der Waals surface area (Å²) in [6.07, 6.45) is 8.35. The summed E-state index contributed by atoms with van der Waals surface area (Å²) in [6.45, 7) is 12.7. The number of aromatic nitrogens is 1. The van der Waals surface area contributed by atoms with Gasteiger partial charge in [0.1, 0.15) is 19.4 Å². The summed E-state index contributed by atoms with van der Waals surface area (Å²) < 4.78 is 19.2. The number of benzene rings is 2. The molecule has 0 amide bonds. The summed E-state index contributed by atoms with van der Waals surface area (Å²) in [4.78, 5) is 0. The van der Waals surface area contributed by atoms with Crippen molar-refractivity contribution in [3.63, 3.8) is 0 Å². The Morgan fingerprint density at radius 2 is 1.53 bits per heavy atom. The molecule has 3 atom stereocenters. The minimum Gasteiger partial charge on any atom is -0.488 e. The van der Waals surface area contributed by atoms with Crippen LogP contribution in [0.15, 0.2) is 85.1 Å². The second-order valence-corrected chi connectivity index (χ2v) is 7.75. The molecular weight excluding hydrogens is 422 g/mol. The number of pyridine rings is 1. The second-order valence-electron chi connectivity index (χ2n) is 7.75. The molecule has 0 saturated carbocycles. The average Bonchev–Trinajstić information content (AvgIpc) is 2.90. The van der Waals surface area contributed by atoms with Crippen LogP contribution in [0.3, 0.4) is 0 Å². The smallest absolute Gasteiger partial charge is 0.212 e. The van der Waals surface area contributed by atoms with Crippen LogP contribution in [0.5, 0.6) is 5.75 Å². The van der Waals surface area contributed by atoms with Crippen molar-refractivity contribution >= 4 is 10.9 Å². The zero-order valence-electron chi connectivity index (χ0n) is 22.1. The molecule has 4 heteroatoms. The molecule has 0 aliphatic carbocycles. The predicted molar refractivity (Wildman–Crippen MR) is 143 cm³/mol. The first-order valence-electron chi connectivity index (χ1n) is 12.5. The van der Waals surface area contributed by atoms with E-state index in [1.54, 1.807) is 0 Å². The molecule has 3 aromatic rings. The van der Waals surface area contributed by atoms with E-state index >= 15 is 0 Å². The standard InChI is InChI=1S/C14H20O3.C10H10N.C4H8.C2H6/c1-3-12-9-11(2)16-14(17-12)10-15-13-7-5-4-6-8-13;1-11-8-4-6-9-5-2-3-7-10(9)11;1-3-4-2;1-2/h4-8,11-12,14H,3,9-10H2,1-2H3;2-8H,1H3;3-4H,1-2H3;1-2H3/q;+1;;/b;;4-3+;. The Morgan fingerprint density at radius 1 is 0.912 bits per heavy atom. The number of rotatable bonds is 4. The summed E-state index contributed by atoms with van der Waals surface area (Å²) in [7, 11) is 2.06. The Morgan fingerprint density at radius 3 is 2.15 bits per heavy atom. The van der Waals surface area contributed by atoms with Gasteiger partial charge in [0.05, 0.1) is 12.2 Å². The third-order valence-electron chi connectivity index (χ3n) is 5.14. The molecule has 1 saturated heterocycles. The van der Waals surface area contributed by atoms with Gasteiger partial charge in [0, 0.05) is 17.5 Å². The quantitative estimate of drug-likeness (QED) is 0.299. The van der Waals surface area contributed by atoms with Crippen LogP contribution in [0.25, 0.3) is 10.9 Å². The van der Waals surface area contributed by atoms with Gasteiger partial charge < -0.3 is 14.2 Å². The van der Waals surface area contributed by atoms with E-state index in [1.807, 2.05) is 70.2 Å². The largest absolute Gasteiger partial charge is 0.488 e. The monoisotopic (exact) mass is 466 g/mol. The lowest BCUT2D eigenvalue weighted by molar-refractivity contribution is -0.644. The Kier molecular flexibility index (Phi) is 15.3.